The summed E-state index contributed by atoms with van der Waals surface area (Å²) in [5, 5.41) is 6.89. The van der Waals surface area contributed by atoms with Crippen molar-refractivity contribution in [3.63, 3.8) is 0 Å². The van der Waals surface area contributed by atoms with Crippen molar-refractivity contribution in [3.05, 3.63) is 0 Å². The molecule has 2 aliphatic rings. The lowest BCUT2D eigenvalue weighted by Crippen LogP contribution is -2.46. The predicted octanol–water partition coefficient (Wildman–Crippen LogP) is 1.85. The molecule has 0 saturated carbocycles. The van der Waals surface area contributed by atoms with E-state index in [0.29, 0.717) is 6.42 Å². The van der Waals surface area contributed by atoms with E-state index in [2.05, 4.69) is 24.5 Å². The maximum atomic E-state index is 11.9. The molecule has 1 atom stereocenters. The topological polar surface area (TPSA) is 66.0 Å². The second-order valence-corrected chi connectivity index (χ2v) is 8.48. The Morgan fingerprint density at radius 2 is 2.08 bits per heavy atom. The van der Waals surface area contributed by atoms with Gasteiger partial charge in [0.2, 0.25) is 5.91 Å². The molecule has 0 aromatic rings. The van der Waals surface area contributed by atoms with Crippen LogP contribution in [-0.4, -0.2) is 72.7 Å². The number of rotatable bonds is 7. The number of nitrogens with zero attached hydrogens (tertiary/aromatic N) is 2. The molecule has 6 nitrogen and oxygen atoms in total. The zero-order chi connectivity index (χ0) is 18.1. The molecule has 1 amide bonds. The first-order valence-electron chi connectivity index (χ1n) is 9.66. The standard InChI is InChI=1S/C18H34N4O2S/c1-4-16(23)22-10-7-15(13-22)21-17(19-5-2)20-14-18(25-6-3)8-11-24-12-9-18/h15H,4-14H2,1-3H3,(H2,19,20,21). The van der Waals surface area contributed by atoms with Crippen molar-refractivity contribution in [1.29, 1.82) is 0 Å². The summed E-state index contributed by atoms with van der Waals surface area (Å²) in [5.41, 5.74) is 0. The van der Waals surface area contributed by atoms with E-state index in [9.17, 15) is 4.79 Å². The molecule has 0 radical (unpaired) electrons. The summed E-state index contributed by atoms with van der Waals surface area (Å²) in [6.45, 7) is 11.2. The Hall–Kier alpha value is -0.950. The highest BCUT2D eigenvalue weighted by molar-refractivity contribution is 8.00. The molecule has 7 heteroatoms. The fraction of sp³-hybridized carbons (Fsp3) is 0.889. The highest BCUT2D eigenvalue weighted by atomic mass is 32.2. The molecular weight excluding hydrogens is 336 g/mol. The van der Waals surface area contributed by atoms with Crippen molar-refractivity contribution in [2.75, 3.05) is 45.1 Å². The van der Waals surface area contributed by atoms with Gasteiger partial charge in [-0.05, 0) is 31.9 Å². The largest absolute Gasteiger partial charge is 0.381 e. The van der Waals surface area contributed by atoms with Crippen LogP contribution in [0, 0.1) is 0 Å². The molecule has 0 aromatic carbocycles. The van der Waals surface area contributed by atoms with Gasteiger partial charge < -0.3 is 20.3 Å². The minimum Gasteiger partial charge on any atom is -0.381 e. The first-order chi connectivity index (χ1) is 12.1. The van der Waals surface area contributed by atoms with Gasteiger partial charge >= 0.3 is 0 Å². The molecule has 1 unspecified atom stereocenters. The van der Waals surface area contributed by atoms with Crippen molar-refractivity contribution in [2.24, 2.45) is 4.99 Å². The first kappa shape index (κ1) is 20.4. The second kappa shape index (κ2) is 10.3. The maximum Gasteiger partial charge on any atom is 0.222 e. The third kappa shape index (κ3) is 6.06. The van der Waals surface area contributed by atoms with E-state index in [-0.39, 0.29) is 16.7 Å². The number of carbonyl (C=O) groups excluding carboxylic acids is 1. The van der Waals surface area contributed by atoms with Gasteiger partial charge in [0, 0.05) is 50.1 Å². The van der Waals surface area contributed by atoms with Gasteiger partial charge in [-0.15, -0.1) is 0 Å². The van der Waals surface area contributed by atoms with Crippen LogP contribution < -0.4 is 10.6 Å². The van der Waals surface area contributed by atoms with Crippen LogP contribution in [0.2, 0.25) is 0 Å². The highest BCUT2D eigenvalue weighted by Crippen LogP contribution is 2.35. The fourth-order valence-electron chi connectivity index (χ4n) is 3.46. The van der Waals surface area contributed by atoms with E-state index in [1.807, 2.05) is 23.6 Å². The number of nitrogens with one attached hydrogen (secondary N) is 2. The summed E-state index contributed by atoms with van der Waals surface area (Å²) < 4.78 is 5.75. The van der Waals surface area contributed by atoms with Crippen LogP contribution in [0.3, 0.4) is 0 Å². The zero-order valence-electron chi connectivity index (χ0n) is 16.0. The molecule has 2 aliphatic heterocycles. The summed E-state index contributed by atoms with van der Waals surface area (Å²) in [4.78, 5) is 18.7. The number of thioether (sulfide) groups is 1. The average molecular weight is 371 g/mol. The lowest BCUT2D eigenvalue weighted by Gasteiger charge is -2.35. The van der Waals surface area contributed by atoms with Crippen molar-refractivity contribution >= 4 is 23.6 Å². The van der Waals surface area contributed by atoms with E-state index < -0.39 is 0 Å². The molecule has 2 saturated heterocycles. The lowest BCUT2D eigenvalue weighted by molar-refractivity contribution is -0.129. The van der Waals surface area contributed by atoms with E-state index in [4.69, 9.17) is 9.73 Å². The first-order valence-corrected chi connectivity index (χ1v) is 10.7. The van der Waals surface area contributed by atoms with Gasteiger partial charge in [0.05, 0.1) is 6.54 Å². The van der Waals surface area contributed by atoms with Crippen molar-refractivity contribution in [1.82, 2.24) is 15.5 Å². The normalized spacial score (nSPS) is 23.6. The maximum absolute atomic E-state index is 11.9. The summed E-state index contributed by atoms with van der Waals surface area (Å²) in [5.74, 6) is 2.23. The Morgan fingerprint density at radius 1 is 1.32 bits per heavy atom. The van der Waals surface area contributed by atoms with Gasteiger partial charge in [-0.25, -0.2) is 0 Å². The molecule has 0 spiro atoms. The van der Waals surface area contributed by atoms with Gasteiger partial charge in [-0.3, -0.25) is 9.79 Å². The number of hydrogen-bond acceptors (Lipinski definition) is 4. The Morgan fingerprint density at radius 3 is 2.72 bits per heavy atom. The number of ether oxygens (including phenoxy) is 1. The third-order valence-corrected chi connectivity index (χ3v) is 6.35. The minimum atomic E-state index is 0.204. The third-order valence-electron chi connectivity index (χ3n) is 4.91. The van der Waals surface area contributed by atoms with E-state index in [0.717, 1.165) is 70.4 Å². The van der Waals surface area contributed by atoms with Crippen LogP contribution in [-0.2, 0) is 9.53 Å². The molecule has 2 rings (SSSR count). The quantitative estimate of drug-likeness (QED) is 0.529. The van der Waals surface area contributed by atoms with Gasteiger partial charge in [-0.1, -0.05) is 13.8 Å². The number of hydrogen-bond donors (Lipinski definition) is 2. The van der Waals surface area contributed by atoms with Crippen LogP contribution in [0.1, 0.15) is 46.5 Å². The van der Waals surface area contributed by atoms with E-state index in [1.54, 1.807) is 0 Å². The smallest absolute Gasteiger partial charge is 0.222 e. The minimum absolute atomic E-state index is 0.204. The molecule has 2 N–H and O–H groups in total. The molecule has 0 aliphatic carbocycles. The van der Waals surface area contributed by atoms with Crippen LogP contribution in [0.15, 0.2) is 4.99 Å². The Bertz CT molecular complexity index is 447. The number of guanidine groups is 1. The van der Waals surface area contributed by atoms with Gasteiger partial charge in [-0.2, -0.15) is 11.8 Å². The Kier molecular flexibility index (Phi) is 8.36. The SMILES string of the molecule is CCNC(=NCC1(SCC)CCOCC1)NC1CCN(C(=O)CC)C1. The van der Waals surface area contributed by atoms with E-state index >= 15 is 0 Å². The highest BCUT2D eigenvalue weighted by Gasteiger charge is 2.33. The van der Waals surface area contributed by atoms with Crippen LogP contribution in [0.4, 0.5) is 0 Å². The van der Waals surface area contributed by atoms with Gasteiger partial charge in [0.15, 0.2) is 5.96 Å². The monoisotopic (exact) mass is 370 g/mol. The fourth-order valence-corrected chi connectivity index (χ4v) is 4.69. The molecule has 2 heterocycles. The van der Waals surface area contributed by atoms with Crippen LogP contribution in [0.5, 0.6) is 0 Å². The molecule has 25 heavy (non-hydrogen) atoms. The Balaban J connectivity index is 1.94. The number of carbonyl (C=O) groups is 1. The van der Waals surface area contributed by atoms with Crippen molar-refractivity contribution < 1.29 is 9.53 Å². The summed E-state index contributed by atoms with van der Waals surface area (Å²) >= 11 is 2.01. The number of likely N-dealkylation sites (tertiary alicyclic amines) is 1. The van der Waals surface area contributed by atoms with Gasteiger partial charge in [0.1, 0.15) is 0 Å². The van der Waals surface area contributed by atoms with Crippen LogP contribution >= 0.6 is 11.8 Å². The molecule has 0 aromatic heterocycles. The Labute approximate surface area is 156 Å². The second-order valence-electron chi connectivity index (χ2n) is 6.75. The average Bonchev–Trinajstić information content (AvgIpc) is 3.09. The van der Waals surface area contributed by atoms with E-state index in [1.165, 1.54) is 0 Å². The molecular formula is C18H34N4O2S. The van der Waals surface area contributed by atoms with Crippen molar-refractivity contribution in [2.45, 2.75) is 57.2 Å². The summed E-state index contributed by atoms with van der Waals surface area (Å²) in [6, 6.07) is 0.290. The summed E-state index contributed by atoms with van der Waals surface area (Å²) in [7, 11) is 0. The van der Waals surface area contributed by atoms with Crippen molar-refractivity contribution in [3.8, 4) is 0 Å². The lowest BCUT2D eigenvalue weighted by atomic mass is 9.99. The predicted molar refractivity (Wildman–Crippen MR) is 105 cm³/mol. The molecule has 2 fully saturated rings. The number of aliphatic imine (C=N–C) groups is 1. The van der Waals surface area contributed by atoms with Gasteiger partial charge in [0.25, 0.3) is 0 Å². The zero-order valence-corrected chi connectivity index (χ0v) is 16.8. The number of amides is 1. The summed E-state index contributed by atoms with van der Waals surface area (Å²) in [6.07, 6.45) is 3.70. The molecule has 144 valence electrons. The molecule has 0 bridgehead atoms. The van der Waals surface area contributed by atoms with Crippen LogP contribution in [0.25, 0.3) is 0 Å².